The molecule has 1 amide bonds. The highest BCUT2D eigenvalue weighted by atomic mass is 16.5. The van der Waals surface area contributed by atoms with Crippen LogP contribution in [0.4, 0.5) is 0 Å². The predicted octanol–water partition coefficient (Wildman–Crippen LogP) is -0.355. The molecule has 0 bridgehead atoms. The smallest absolute Gasteiger partial charge is 0.237 e. The first kappa shape index (κ1) is 12.4. The highest BCUT2D eigenvalue weighted by molar-refractivity contribution is 5.81. The van der Waals surface area contributed by atoms with Crippen molar-refractivity contribution in [2.75, 3.05) is 26.9 Å². The van der Waals surface area contributed by atoms with Gasteiger partial charge in [0, 0.05) is 20.3 Å². The van der Waals surface area contributed by atoms with E-state index in [1.165, 1.54) is 0 Å². The summed E-state index contributed by atoms with van der Waals surface area (Å²) >= 11 is 0. The SMILES string of the molecule is COCCCC(N)C(=O)NC1CCOC1. The largest absolute Gasteiger partial charge is 0.385 e. The first-order chi connectivity index (χ1) is 7.24. The summed E-state index contributed by atoms with van der Waals surface area (Å²) in [6.45, 7) is 1.98. The fourth-order valence-electron chi connectivity index (χ4n) is 1.54. The monoisotopic (exact) mass is 216 g/mol. The van der Waals surface area contributed by atoms with Crippen molar-refractivity contribution < 1.29 is 14.3 Å². The molecule has 1 aliphatic rings. The average Bonchev–Trinajstić information content (AvgIpc) is 2.70. The van der Waals surface area contributed by atoms with Crippen molar-refractivity contribution in [3.63, 3.8) is 0 Å². The van der Waals surface area contributed by atoms with E-state index in [9.17, 15) is 4.79 Å². The summed E-state index contributed by atoms with van der Waals surface area (Å²) in [5, 5.41) is 2.88. The van der Waals surface area contributed by atoms with Crippen molar-refractivity contribution in [3.8, 4) is 0 Å². The van der Waals surface area contributed by atoms with E-state index in [1.807, 2.05) is 0 Å². The summed E-state index contributed by atoms with van der Waals surface area (Å²) < 4.78 is 10.1. The van der Waals surface area contributed by atoms with Crippen LogP contribution in [0.5, 0.6) is 0 Å². The number of ether oxygens (including phenoxy) is 2. The number of hydrogen-bond acceptors (Lipinski definition) is 4. The van der Waals surface area contributed by atoms with Gasteiger partial charge < -0.3 is 20.5 Å². The van der Waals surface area contributed by atoms with Crippen molar-refractivity contribution >= 4 is 5.91 Å². The number of nitrogens with two attached hydrogens (primary N) is 1. The molecule has 1 heterocycles. The number of rotatable bonds is 6. The summed E-state index contributed by atoms with van der Waals surface area (Å²) in [4.78, 5) is 11.6. The van der Waals surface area contributed by atoms with Crippen LogP contribution in [0, 0.1) is 0 Å². The van der Waals surface area contributed by atoms with Crippen LogP contribution in [0.1, 0.15) is 19.3 Å². The van der Waals surface area contributed by atoms with Gasteiger partial charge >= 0.3 is 0 Å². The molecule has 0 spiro atoms. The summed E-state index contributed by atoms with van der Waals surface area (Å²) in [6.07, 6.45) is 2.36. The Bertz CT molecular complexity index is 193. The second-order valence-corrected chi connectivity index (χ2v) is 3.81. The first-order valence-electron chi connectivity index (χ1n) is 5.36. The van der Waals surface area contributed by atoms with E-state index in [4.69, 9.17) is 15.2 Å². The maximum absolute atomic E-state index is 11.6. The summed E-state index contributed by atoms with van der Waals surface area (Å²) in [6, 6.07) is -0.285. The van der Waals surface area contributed by atoms with Crippen LogP contribution in [-0.4, -0.2) is 44.9 Å². The van der Waals surface area contributed by atoms with Crippen LogP contribution in [0.25, 0.3) is 0 Å². The number of nitrogens with one attached hydrogen (secondary N) is 1. The molecule has 1 rings (SSSR count). The molecule has 2 atom stereocenters. The number of methoxy groups -OCH3 is 1. The van der Waals surface area contributed by atoms with Crippen LogP contribution < -0.4 is 11.1 Å². The zero-order valence-corrected chi connectivity index (χ0v) is 9.20. The summed E-state index contributed by atoms with van der Waals surface area (Å²) in [7, 11) is 1.64. The molecular formula is C10H20N2O3. The van der Waals surface area contributed by atoms with Crippen molar-refractivity contribution in [3.05, 3.63) is 0 Å². The number of carbonyl (C=O) groups excluding carboxylic acids is 1. The lowest BCUT2D eigenvalue weighted by Crippen LogP contribution is -2.45. The predicted molar refractivity (Wildman–Crippen MR) is 56.5 cm³/mol. The molecule has 0 aliphatic carbocycles. The number of amides is 1. The van der Waals surface area contributed by atoms with Gasteiger partial charge in [0.1, 0.15) is 0 Å². The van der Waals surface area contributed by atoms with E-state index in [0.29, 0.717) is 19.6 Å². The lowest BCUT2D eigenvalue weighted by molar-refractivity contribution is -0.123. The van der Waals surface area contributed by atoms with Crippen molar-refractivity contribution in [2.45, 2.75) is 31.3 Å². The summed E-state index contributed by atoms with van der Waals surface area (Å²) in [5.41, 5.74) is 5.73. The molecule has 15 heavy (non-hydrogen) atoms. The van der Waals surface area contributed by atoms with E-state index in [-0.39, 0.29) is 11.9 Å². The third kappa shape index (κ3) is 4.59. The lowest BCUT2D eigenvalue weighted by atomic mass is 10.1. The molecule has 0 aromatic rings. The molecule has 1 fully saturated rings. The average molecular weight is 216 g/mol. The Morgan fingerprint density at radius 1 is 1.73 bits per heavy atom. The van der Waals surface area contributed by atoms with E-state index >= 15 is 0 Å². The van der Waals surface area contributed by atoms with Crippen molar-refractivity contribution in [1.82, 2.24) is 5.32 Å². The fourth-order valence-corrected chi connectivity index (χ4v) is 1.54. The van der Waals surface area contributed by atoms with Crippen LogP contribution in [-0.2, 0) is 14.3 Å². The Hall–Kier alpha value is -0.650. The number of carbonyl (C=O) groups is 1. The van der Waals surface area contributed by atoms with Gasteiger partial charge in [0.15, 0.2) is 0 Å². The molecular weight excluding hydrogens is 196 g/mol. The molecule has 5 heteroatoms. The Morgan fingerprint density at radius 2 is 2.53 bits per heavy atom. The quantitative estimate of drug-likeness (QED) is 0.595. The van der Waals surface area contributed by atoms with Gasteiger partial charge in [-0.3, -0.25) is 4.79 Å². The first-order valence-corrected chi connectivity index (χ1v) is 5.36. The van der Waals surface area contributed by atoms with Gasteiger partial charge in [-0.2, -0.15) is 0 Å². The van der Waals surface area contributed by atoms with Gasteiger partial charge in [-0.15, -0.1) is 0 Å². The van der Waals surface area contributed by atoms with Crippen LogP contribution in [0.2, 0.25) is 0 Å². The van der Waals surface area contributed by atoms with Crippen LogP contribution in [0.15, 0.2) is 0 Å². The second-order valence-electron chi connectivity index (χ2n) is 3.81. The maximum Gasteiger partial charge on any atom is 0.237 e. The van der Waals surface area contributed by atoms with Crippen molar-refractivity contribution in [2.24, 2.45) is 5.73 Å². The highest BCUT2D eigenvalue weighted by Gasteiger charge is 2.20. The molecule has 0 aromatic carbocycles. The maximum atomic E-state index is 11.6. The minimum Gasteiger partial charge on any atom is -0.385 e. The molecule has 1 saturated heterocycles. The standard InChI is InChI=1S/C10H20N2O3/c1-14-5-2-3-9(11)10(13)12-8-4-6-15-7-8/h8-9H,2-7,11H2,1H3,(H,12,13). The van der Waals surface area contributed by atoms with Gasteiger partial charge in [0.05, 0.1) is 18.7 Å². The van der Waals surface area contributed by atoms with E-state index in [1.54, 1.807) is 7.11 Å². The normalized spacial score (nSPS) is 22.7. The van der Waals surface area contributed by atoms with E-state index in [0.717, 1.165) is 19.4 Å². The molecule has 2 unspecified atom stereocenters. The van der Waals surface area contributed by atoms with Crippen LogP contribution >= 0.6 is 0 Å². The van der Waals surface area contributed by atoms with Gasteiger partial charge in [-0.25, -0.2) is 0 Å². The van der Waals surface area contributed by atoms with Crippen molar-refractivity contribution in [1.29, 1.82) is 0 Å². The lowest BCUT2D eigenvalue weighted by Gasteiger charge is -2.15. The van der Waals surface area contributed by atoms with Gasteiger partial charge in [-0.1, -0.05) is 0 Å². The molecule has 0 radical (unpaired) electrons. The molecule has 5 nitrogen and oxygen atoms in total. The fraction of sp³-hybridized carbons (Fsp3) is 0.900. The zero-order chi connectivity index (χ0) is 11.1. The Labute approximate surface area is 90.3 Å². The molecule has 88 valence electrons. The van der Waals surface area contributed by atoms with Gasteiger partial charge in [-0.05, 0) is 19.3 Å². The molecule has 0 aromatic heterocycles. The number of hydrogen-bond donors (Lipinski definition) is 2. The van der Waals surface area contributed by atoms with E-state index < -0.39 is 6.04 Å². The van der Waals surface area contributed by atoms with E-state index in [2.05, 4.69) is 5.32 Å². The highest BCUT2D eigenvalue weighted by Crippen LogP contribution is 2.04. The molecule has 0 saturated carbocycles. The zero-order valence-electron chi connectivity index (χ0n) is 9.20. The minimum atomic E-state index is -0.430. The topological polar surface area (TPSA) is 73.6 Å². The Morgan fingerprint density at radius 3 is 3.13 bits per heavy atom. The van der Waals surface area contributed by atoms with Gasteiger partial charge in [0.25, 0.3) is 0 Å². The Balaban J connectivity index is 2.14. The molecule has 1 aliphatic heterocycles. The van der Waals surface area contributed by atoms with Crippen LogP contribution in [0.3, 0.4) is 0 Å². The third-order valence-electron chi connectivity index (χ3n) is 2.48. The second kappa shape index (κ2) is 6.76. The third-order valence-corrected chi connectivity index (χ3v) is 2.48. The Kier molecular flexibility index (Phi) is 5.60. The van der Waals surface area contributed by atoms with Gasteiger partial charge in [0.2, 0.25) is 5.91 Å². The molecule has 3 N–H and O–H groups in total. The minimum absolute atomic E-state index is 0.0818. The summed E-state index contributed by atoms with van der Waals surface area (Å²) in [5.74, 6) is -0.0818.